The van der Waals surface area contributed by atoms with Crippen LogP contribution >= 0.6 is 11.6 Å². The van der Waals surface area contributed by atoms with Gasteiger partial charge in [-0.15, -0.1) is 0 Å². The van der Waals surface area contributed by atoms with Gasteiger partial charge in [0.15, 0.2) is 6.61 Å². The molecule has 2 heterocycles. The van der Waals surface area contributed by atoms with Crippen molar-refractivity contribution in [1.82, 2.24) is 9.97 Å². The number of nitrogens with one attached hydrogen (secondary N) is 1. The molecule has 1 saturated heterocycles. The van der Waals surface area contributed by atoms with E-state index in [1.807, 2.05) is 19.9 Å². The highest BCUT2D eigenvalue weighted by Crippen LogP contribution is 2.23. The largest absolute Gasteiger partial charge is 0.467 e. The highest BCUT2D eigenvalue weighted by atomic mass is 35.5. The summed E-state index contributed by atoms with van der Waals surface area (Å²) in [7, 11) is 0. The number of piperidine rings is 1. The molecule has 7 heteroatoms. The SMILES string of the molecule is Cc1cc(OCC(=O)Nc2cc(Cl)ccc2C)nc(N2CCC[C@@H](C)C2)n1. The summed E-state index contributed by atoms with van der Waals surface area (Å²) in [6.07, 6.45) is 2.37. The Bertz CT molecular complexity index is 828. The van der Waals surface area contributed by atoms with Crippen LogP contribution in [0.5, 0.6) is 5.88 Å². The van der Waals surface area contributed by atoms with E-state index in [-0.39, 0.29) is 12.5 Å². The van der Waals surface area contributed by atoms with Crippen LogP contribution in [0.2, 0.25) is 5.02 Å². The van der Waals surface area contributed by atoms with Gasteiger partial charge in [-0.3, -0.25) is 4.79 Å². The van der Waals surface area contributed by atoms with Gasteiger partial charge in [0.25, 0.3) is 5.91 Å². The fraction of sp³-hybridized carbons (Fsp3) is 0.450. The maximum Gasteiger partial charge on any atom is 0.262 e. The lowest BCUT2D eigenvalue weighted by Gasteiger charge is -2.31. The fourth-order valence-electron chi connectivity index (χ4n) is 3.17. The first kappa shape index (κ1) is 19.4. The molecule has 0 radical (unpaired) electrons. The highest BCUT2D eigenvalue weighted by molar-refractivity contribution is 6.31. The summed E-state index contributed by atoms with van der Waals surface area (Å²) in [4.78, 5) is 23.4. The number of hydrogen-bond donors (Lipinski definition) is 1. The number of hydrogen-bond acceptors (Lipinski definition) is 5. The molecule has 1 atom stereocenters. The molecule has 144 valence electrons. The number of aryl methyl sites for hydroxylation is 2. The first-order valence-electron chi connectivity index (χ1n) is 9.20. The van der Waals surface area contributed by atoms with Crippen LogP contribution in [0, 0.1) is 19.8 Å². The van der Waals surface area contributed by atoms with E-state index in [9.17, 15) is 4.79 Å². The van der Waals surface area contributed by atoms with E-state index in [0.29, 0.717) is 28.5 Å². The van der Waals surface area contributed by atoms with Gasteiger partial charge in [0.2, 0.25) is 11.8 Å². The smallest absolute Gasteiger partial charge is 0.262 e. The molecule has 1 aliphatic heterocycles. The first-order chi connectivity index (χ1) is 12.9. The molecule has 0 bridgehead atoms. The normalized spacial score (nSPS) is 16.9. The van der Waals surface area contributed by atoms with Crippen LogP contribution in [-0.4, -0.2) is 35.6 Å². The van der Waals surface area contributed by atoms with E-state index in [0.717, 1.165) is 30.8 Å². The predicted octanol–water partition coefficient (Wildman–Crippen LogP) is 4.00. The summed E-state index contributed by atoms with van der Waals surface area (Å²) in [6, 6.07) is 7.11. The van der Waals surface area contributed by atoms with Gasteiger partial charge >= 0.3 is 0 Å². The second kappa shape index (κ2) is 8.57. The van der Waals surface area contributed by atoms with E-state index in [1.54, 1.807) is 18.2 Å². The summed E-state index contributed by atoms with van der Waals surface area (Å²) < 4.78 is 5.63. The van der Waals surface area contributed by atoms with Gasteiger partial charge in [-0.2, -0.15) is 4.98 Å². The summed E-state index contributed by atoms with van der Waals surface area (Å²) >= 11 is 5.99. The molecular weight excluding hydrogens is 364 g/mol. The van der Waals surface area contributed by atoms with Crippen LogP contribution in [0.1, 0.15) is 31.0 Å². The maximum absolute atomic E-state index is 12.2. The molecule has 1 aromatic heterocycles. The monoisotopic (exact) mass is 388 g/mol. The molecule has 2 aromatic rings. The zero-order chi connectivity index (χ0) is 19.4. The van der Waals surface area contributed by atoms with Crippen LogP contribution < -0.4 is 15.0 Å². The van der Waals surface area contributed by atoms with Gasteiger partial charge in [0, 0.05) is 35.6 Å². The Morgan fingerprint density at radius 3 is 2.93 bits per heavy atom. The number of halogens is 1. The molecule has 1 aromatic carbocycles. The van der Waals surface area contributed by atoms with E-state index in [4.69, 9.17) is 16.3 Å². The molecule has 1 fully saturated rings. The van der Waals surface area contributed by atoms with Crippen LogP contribution in [0.25, 0.3) is 0 Å². The van der Waals surface area contributed by atoms with Crippen molar-refractivity contribution in [2.24, 2.45) is 5.92 Å². The molecule has 3 rings (SSSR count). The molecule has 27 heavy (non-hydrogen) atoms. The lowest BCUT2D eigenvalue weighted by molar-refractivity contribution is -0.118. The third-order valence-corrected chi connectivity index (χ3v) is 4.82. The molecule has 0 aliphatic carbocycles. The van der Waals surface area contributed by atoms with Crippen molar-refractivity contribution in [3.05, 3.63) is 40.5 Å². The summed E-state index contributed by atoms with van der Waals surface area (Å²) in [5, 5.41) is 3.39. The van der Waals surface area contributed by atoms with E-state index in [1.165, 1.54) is 6.42 Å². The number of rotatable bonds is 5. The number of carbonyl (C=O) groups is 1. The Balaban J connectivity index is 1.63. The number of nitrogens with zero attached hydrogens (tertiary/aromatic N) is 3. The zero-order valence-electron chi connectivity index (χ0n) is 16.0. The minimum Gasteiger partial charge on any atom is -0.467 e. The lowest BCUT2D eigenvalue weighted by atomic mass is 10.0. The quantitative estimate of drug-likeness (QED) is 0.838. The van der Waals surface area contributed by atoms with Crippen LogP contribution in [-0.2, 0) is 4.79 Å². The van der Waals surface area contributed by atoms with Crippen LogP contribution in [0.4, 0.5) is 11.6 Å². The maximum atomic E-state index is 12.2. The molecular formula is C20H25ClN4O2. The molecule has 0 spiro atoms. The zero-order valence-corrected chi connectivity index (χ0v) is 16.7. The van der Waals surface area contributed by atoms with E-state index in [2.05, 4.69) is 27.1 Å². The van der Waals surface area contributed by atoms with Gasteiger partial charge < -0.3 is 15.0 Å². The Labute approximate surface area is 164 Å². The number of amides is 1. The van der Waals surface area contributed by atoms with Crippen molar-refractivity contribution in [3.63, 3.8) is 0 Å². The standard InChI is InChI=1S/C20H25ClN4O2/c1-13-5-4-8-25(11-13)20-22-15(3)9-19(24-20)27-12-18(26)23-17-10-16(21)7-6-14(17)2/h6-7,9-10,13H,4-5,8,11-12H2,1-3H3,(H,23,26)/t13-/m1/s1. The Morgan fingerprint density at radius 1 is 1.33 bits per heavy atom. The third-order valence-electron chi connectivity index (χ3n) is 4.58. The van der Waals surface area contributed by atoms with Crippen molar-refractivity contribution >= 4 is 29.1 Å². The number of anilines is 2. The van der Waals surface area contributed by atoms with E-state index < -0.39 is 0 Å². The van der Waals surface area contributed by atoms with Crippen molar-refractivity contribution < 1.29 is 9.53 Å². The molecule has 1 aliphatic rings. The van der Waals surface area contributed by atoms with Crippen molar-refractivity contribution in [2.45, 2.75) is 33.6 Å². The summed E-state index contributed by atoms with van der Waals surface area (Å²) in [6.45, 7) is 7.81. The number of benzene rings is 1. The molecule has 6 nitrogen and oxygen atoms in total. The fourth-order valence-corrected chi connectivity index (χ4v) is 3.34. The van der Waals surface area contributed by atoms with Crippen molar-refractivity contribution in [2.75, 3.05) is 29.9 Å². The Kier molecular flexibility index (Phi) is 6.16. The average Bonchev–Trinajstić information content (AvgIpc) is 2.63. The third kappa shape index (κ3) is 5.32. The average molecular weight is 389 g/mol. The number of aromatic nitrogens is 2. The summed E-state index contributed by atoms with van der Waals surface area (Å²) in [5.41, 5.74) is 2.43. The van der Waals surface area contributed by atoms with Gasteiger partial charge in [-0.25, -0.2) is 4.98 Å². The van der Waals surface area contributed by atoms with Crippen LogP contribution in [0.3, 0.4) is 0 Å². The molecule has 1 N–H and O–H groups in total. The van der Waals surface area contributed by atoms with Crippen molar-refractivity contribution in [3.8, 4) is 5.88 Å². The number of ether oxygens (including phenoxy) is 1. The molecule has 0 saturated carbocycles. The van der Waals surface area contributed by atoms with Gasteiger partial charge in [-0.05, 0) is 50.3 Å². The van der Waals surface area contributed by atoms with Crippen molar-refractivity contribution in [1.29, 1.82) is 0 Å². The Hall–Kier alpha value is -2.34. The molecule has 1 amide bonds. The summed E-state index contributed by atoms with van der Waals surface area (Å²) in [5.74, 6) is 1.44. The van der Waals surface area contributed by atoms with Crippen LogP contribution in [0.15, 0.2) is 24.3 Å². The Morgan fingerprint density at radius 2 is 2.15 bits per heavy atom. The van der Waals surface area contributed by atoms with E-state index >= 15 is 0 Å². The predicted molar refractivity (Wildman–Crippen MR) is 108 cm³/mol. The highest BCUT2D eigenvalue weighted by Gasteiger charge is 2.19. The molecule has 0 unspecified atom stereocenters. The minimum atomic E-state index is -0.259. The topological polar surface area (TPSA) is 67.3 Å². The number of carbonyl (C=O) groups excluding carboxylic acids is 1. The second-order valence-corrected chi connectivity index (χ2v) is 7.57. The minimum absolute atomic E-state index is 0.127. The van der Waals surface area contributed by atoms with Gasteiger partial charge in [0.1, 0.15) is 0 Å². The van der Waals surface area contributed by atoms with Gasteiger partial charge in [-0.1, -0.05) is 24.6 Å². The van der Waals surface area contributed by atoms with Gasteiger partial charge in [0.05, 0.1) is 0 Å². The lowest BCUT2D eigenvalue weighted by Crippen LogP contribution is -2.35. The second-order valence-electron chi connectivity index (χ2n) is 7.14. The first-order valence-corrected chi connectivity index (χ1v) is 9.58.